The van der Waals surface area contributed by atoms with Crippen molar-refractivity contribution in [1.29, 1.82) is 0 Å². The Morgan fingerprint density at radius 2 is 1.84 bits per heavy atom. The molecule has 6 aliphatic rings. The molecule has 6 atom stereocenters. The number of methoxy groups -OCH3 is 1. The third-order valence-corrected chi connectivity index (χ3v) is 13.1. The molecule has 3 heterocycles. The summed E-state index contributed by atoms with van der Waals surface area (Å²) in [5.41, 5.74) is 6.81. The summed E-state index contributed by atoms with van der Waals surface area (Å²) >= 11 is 0. The monoisotopic (exact) mass is 606 g/mol. The van der Waals surface area contributed by atoms with Crippen molar-refractivity contribution < 1.29 is 14.3 Å². The highest BCUT2D eigenvalue weighted by atomic mass is 16.5. The van der Waals surface area contributed by atoms with E-state index in [0.29, 0.717) is 53.5 Å². The Hall–Kier alpha value is -3.32. The molecule has 4 aliphatic carbocycles. The molecule has 1 aromatic heterocycles. The zero-order valence-electron chi connectivity index (χ0n) is 27.1. The Balaban J connectivity index is 1.20. The smallest absolute Gasteiger partial charge is 0.251 e. The Morgan fingerprint density at radius 1 is 1.02 bits per heavy atom. The molecule has 236 valence electrons. The average Bonchev–Trinajstić information content (AvgIpc) is 3.70. The number of hydrogen-bond acceptors (Lipinski definition) is 4. The molecule has 0 bridgehead atoms. The number of amides is 2. The van der Waals surface area contributed by atoms with Crippen LogP contribution in [0.4, 0.5) is 0 Å². The van der Waals surface area contributed by atoms with Gasteiger partial charge in [-0.05, 0) is 85.9 Å². The predicted molar refractivity (Wildman–Crippen MR) is 176 cm³/mol. The van der Waals surface area contributed by atoms with Gasteiger partial charge in [-0.1, -0.05) is 39.2 Å². The maximum Gasteiger partial charge on any atom is 0.251 e. The molecule has 7 heteroatoms. The molecule has 4 saturated carbocycles. The summed E-state index contributed by atoms with van der Waals surface area (Å²) in [7, 11) is 3.43. The second kappa shape index (κ2) is 9.60. The van der Waals surface area contributed by atoms with Crippen LogP contribution in [0.3, 0.4) is 0 Å². The number of ether oxygens (including phenoxy) is 1. The lowest BCUT2D eigenvalue weighted by Gasteiger charge is -2.80. The van der Waals surface area contributed by atoms with Crippen LogP contribution in [-0.4, -0.2) is 59.6 Å². The van der Waals surface area contributed by atoms with Crippen molar-refractivity contribution in [2.24, 2.45) is 10.8 Å². The number of carbonyl (C=O) groups is 2. The van der Waals surface area contributed by atoms with Gasteiger partial charge in [0.2, 0.25) is 5.91 Å². The van der Waals surface area contributed by atoms with Crippen LogP contribution in [0, 0.1) is 10.8 Å². The molecule has 6 unspecified atom stereocenters. The Morgan fingerprint density at radius 3 is 2.53 bits per heavy atom. The van der Waals surface area contributed by atoms with E-state index in [-0.39, 0.29) is 11.8 Å². The van der Waals surface area contributed by atoms with Crippen LogP contribution >= 0.6 is 0 Å². The fourth-order valence-corrected chi connectivity index (χ4v) is 10.8. The summed E-state index contributed by atoms with van der Waals surface area (Å²) in [5, 5.41) is 7.90. The van der Waals surface area contributed by atoms with Gasteiger partial charge in [0.25, 0.3) is 5.91 Å². The van der Waals surface area contributed by atoms with Crippen molar-refractivity contribution in [1.82, 2.24) is 20.1 Å². The molecule has 1 saturated heterocycles. The van der Waals surface area contributed by atoms with Crippen molar-refractivity contribution in [3.8, 4) is 17.0 Å². The van der Waals surface area contributed by atoms with E-state index in [1.165, 1.54) is 66.3 Å². The summed E-state index contributed by atoms with van der Waals surface area (Å²) in [6.07, 6.45) is 10.5. The number of nitrogens with zero attached hydrogens (tertiary/aromatic N) is 2. The normalized spacial score (nSPS) is 32.5. The average molecular weight is 607 g/mol. The van der Waals surface area contributed by atoms with E-state index in [4.69, 9.17) is 4.74 Å². The van der Waals surface area contributed by atoms with Crippen LogP contribution < -0.4 is 15.4 Å². The maximum atomic E-state index is 15.0. The van der Waals surface area contributed by atoms with E-state index in [9.17, 15) is 4.79 Å². The number of carbonyl (C=O) groups excluding carboxylic acids is 2. The molecule has 2 aromatic carbocycles. The molecule has 9 rings (SSSR count). The molecule has 2 N–H and O–H groups in total. The number of benzene rings is 2. The van der Waals surface area contributed by atoms with Crippen molar-refractivity contribution in [2.75, 3.05) is 14.2 Å². The van der Waals surface area contributed by atoms with Gasteiger partial charge in [0.15, 0.2) is 0 Å². The minimum Gasteiger partial charge on any atom is -0.497 e. The first-order valence-electron chi connectivity index (χ1n) is 17.5. The highest BCUT2D eigenvalue weighted by molar-refractivity contribution is 6.02. The molecular weight excluding hydrogens is 560 g/mol. The highest BCUT2D eigenvalue weighted by Crippen LogP contribution is 2.72. The minimum atomic E-state index is -0.469. The molecular formula is C38H46N4O3. The third-order valence-electron chi connectivity index (χ3n) is 13.1. The molecule has 1 spiro atoms. The predicted octanol–water partition coefficient (Wildman–Crippen LogP) is 6.34. The lowest BCUT2D eigenvalue weighted by molar-refractivity contribution is -0.276. The number of piperidine rings is 2. The van der Waals surface area contributed by atoms with Gasteiger partial charge in [-0.25, -0.2) is 0 Å². The summed E-state index contributed by atoms with van der Waals surface area (Å²) in [6.45, 7) is 5.14. The minimum absolute atomic E-state index is 0.0723. The number of fused-ring (bicyclic) bond motifs is 7. The van der Waals surface area contributed by atoms with Crippen molar-refractivity contribution in [3.63, 3.8) is 0 Å². The highest BCUT2D eigenvalue weighted by Gasteiger charge is 2.79. The van der Waals surface area contributed by atoms with Gasteiger partial charge in [0.1, 0.15) is 5.75 Å². The van der Waals surface area contributed by atoms with E-state index in [2.05, 4.69) is 64.3 Å². The number of rotatable bonds is 6. The van der Waals surface area contributed by atoms with E-state index >= 15 is 4.79 Å². The van der Waals surface area contributed by atoms with Gasteiger partial charge in [0.05, 0.1) is 18.2 Å². The molecule has 7 nitrogen and oxygen atoms in total. The zero-order chi connectivity index (χ0) is 30.8. The van der Waals surface area contributed by atoms with Gasteiger partial charge >= 0.3 is 0 Å². The number of hydrogen-bond donors (Lipinski definition) is 2. The third kappa shape index (κ3) is 3.56. The van der Waals surface area contributed by atoms with E-state index in [1.807, 2.05) is 6.07 Å². The molecule has 2 amide bonds. The lowest BCUT2D eigenvalue weighted by Crippen LogP contribution is -2.90. The van der Waals surface area contributed by atoms with E-state index < -0.39 is 5.41 Å². The zero-order valence-corrected chi connectivity index (χ0v) is 27.1. The van der Waals surface area contributed by atoms with Crippen molar-refractivity contribution in [2.45, 2.75) is 114 Å². The first-order valence-corrected chi connectivity index (χ1v) is 17.5. The topological polar surface area (TPSA) is 75.6 Å². The van der Waals surface area contributed by atoms with Gasteiger partial charge in [-0.2, -0.15) is 0 Å². The molecule has 2 aliphatic heterocycles. The molecule has 5 fully saturated rings. The van der Waals surface area contributed by atoms with Crippen molar-refractivity contribution >= 4 is 22.7 Å². The summed E-state index contributed by atoms with van der Waals surface area (Å²) < 4.78 is 8.25. The maximum absolute atomic E-state index is 15.0. The van der Waals surface area contributed by atoms with Crippen LogP contribution in [0.1, 0.15) is 105 Å². The van der Waals surface area contributed by atoms with Crippen molar-refractivity contribution in [3.05, 3.63) is 53.1 Å². The number of aromatic nitrogens is 1. The first-order chi connectivity index (χ1) is 21.8. The SMILES string of the molecule is CNC(=O)c1ccc2c(C3CCCCC3)c3n(c2c1)CC1(C(=O)N2C4CCC45C(NC(C)C)CC25)CC1c1cc(OC)ccc1-3. The molecule has 0 radical (unpaired) electrons. The van der Waals surface area contributed by atoms with Crippen LogP contribution in [0.2, 0.25) is 0 Å². The van der Waals surface area contributed by atoms with E-state index in [0.717, 1.165) is 30.5 Å². The Bertz CT molecular complexity index is 1740. The van der Waals surface area contributed by atoms with Crippen LogP contribution in [-0.2, 0) is 11.3 Å². The summed E-state index contributed by atoms with van der Waals surface area (Å²) in [6, 6.07) is 14.6. The summed E-state index contributed by atoms with van der Waals surface area (Å²) in [5.74, 6) is 1.80. The summed E-state index contributed by atoms with van der Waals surface area (Å²) in [4.78, 5) is 30.3. The van der Waals surface area contributed by atoms with Gasteiger partial charge in [0, 0.05) is 71.1 Å². The second-order valence-electron chi connectivity index (χ2n) is 15.4. The largest absolute Gasteiger partial charge is 0.497 e. The van der Waals surface area contributed by atoms with Crippen LogP contribution in [0.25, 0.3) is 22.2 Å². The fraction of sp³-hybridized carbons (Fsp3) is 0.579. The Kier molecular flexibility index (Phi) is 5.96. The van der Waals surface area contributed by atoms with Gasteiger partial charge in [-0.3, -0.25) is 9.59 Å². The molecule has 3 aromatic rings. The van der Waals surface area contributed by atoms with E-state index in [1.54, 1.807) is 14.2 Å². The number of likely N-dealkylation sites (tertiary alicyclic amines) is 1. The first kappa shape index (κ1) is 27.9. The standard InChI is InChI=1S/C38H46N4O3/c1-21(2)40-30-18-32-38(30)15-14-31(38)42(32)36(44)37-19-28(37)27-17-24(45-4)11-13-25(27)34-33(22-8-6-5-7-9-22)26-12-10-23(35(43)39-3)16-29(26)41(34)20-37/h10-13,16-17,21-22,28,30-32,40H,5-9,14-15,18-20H2,1-4H3,(H,39,43). The quantitative estimate of drug-likeness (QED) is 0.343. The second-order valence-corrected chi connectivity index (χ2v) is 15.4. The fourth-order valence-electron chi connectivity index (χ4n) is 10.8. The molecule has 45 heavy (non-hydrogen) atoms. The lowest BCUT2D eigenvalue weighted by atomic mass is 9.40. The van der Waals surface area contributed by atoms with Crippen LogP contribution in [0.15, 0.2) is 36.4 Å². The van der Waals surface area contributed by atoms with Gasteiger partial charge in [-0.15, -0.1) is 0 Å². The number of nitrogens with one attached hydrogen (secondary N) is 2. The Labute approximate surface area is 266 Å². The van der Waals surface area contributed by atoms with Gasteiger partial charge < -0.3 is 24.8 Å². The van der Waals surface area contributed by atoms with Crippen LogP contribution in [0.5, 0.6) is 5.75 Å².